The second-order valence-corrected chi connectivity index (χ2v) is 6.14. The average molecular weight is 224 g/mol. The van der Waals surface area contributed by atoms with Crippen LogP contribution in [0.25, 0.3) is 0 Å². The van der Waals surface area contributed by atoms with Crippen LogP contribution < -0.4 is 5.32 Å². The van der Waals surface area contributed by atoms with Gasteiger partial charge in [0, 0.05) is 11.4 Å². The standard InChI is InChI=1S/C12H20N2S/c1-9-11(15-8-14-9)4-5-13-7-10-6-12(10,2)3/h8,10,13H,4-7H2,1-3H3. The summed E-state index contributed by atoms with van der Waals surface area (Å²) in [6.45, 7) is 9.08. The Morgan fingerprint density at radius 3 is 2.87 bits per heavy atom. The Morgan fingerprint density at radius 1 is 1.60 bits per heavy atom. The largest absolute Gasteiger partial charge is 0.316 e. The average Bonchev–Trinajstić information content (AvgIpc) is 2.56. The van der Waals surface area contributed by atoms with Gasteiger partial charge in [-0.15, -0.1) is 11.3 Å². The first-order valence-electron chi connectivity index (χ1n) is 5.69. The van der Waals surface area contributed by atoms with Gasteiger partial charge in [0.25, 0.3) is 0 Å². The Bertz CT molecular complexity index is 330. The molecule has 1 aromatic rings. The molecule has 1 aromatic heterocycles. The fraction of sp³-hybridized carbons (Fsp3) is 0.750. The minimum atomic E-state index is 0.605. The van der Waals surface area contributed by atoms with E-state index in [2.05, 4.69) is 31.1 Å². The Morgan fingerprint density at radius 2 is 2.33 bits per heavy atom. The summed E-state index contributed by atoms with van der Waals surface area (Å²) in [6, 6.07) is 0. The zero-order valence-corrected chi connectivity index (χ0v) is 10.7. The lowest BCUT2D eigenvalue weighted by Gasteiger charge is -2.05. The number of aryl methyl sites for hydroxylation is 1. The molecular weight excluding hydrogens is 204 g/mol. The molecule has 2 nitrogen and oxygen atoms in total. The quantitative estimate of drug-likeness (QED) is 0.778. The molecule has 3 heteroatoms. The van der Waals surface area contributed by atoms with Gasteiger partial charge in [0.2, 0.25) is 0 Å². The third-order valence-electron chi connectivity index (χ3n) is 3.48. The van der Waals surface area contributed by atoms with Crippen molar-refractivity contribution in [1.29, 1.82) is 0 Å². The summed E-state index contributed by atoms with van der Waals surface area (Å²) in [5, 5.41) is 3.55. The molecule has 0 spiro atoms. The lowest BCUT2D eigenvalue weighted by molar-refractivity contribution is 0.521. The van der Waals surface area contributed by atoms with Crippen LogP contribution in [0.2, 0.25) is 0 Å². The van der Waals surface area contributed by atoms with Gasteiger partial charge in [-0.3, -0.25) is 0 Å². The zero-order valence-electron chi connectivity index (χ0n) is 9.84. The van der Waals surface area contributed by atoms with Crippen LogP contribution >= 0.6 is 11.3 Å². The van der Waals surface area contributed by atoms with Gasteiger partial charge in [-0.25, -0.2) is 4.98 Å². The van der Waals surface area contributed by atoms with Crippen molar-refractivity contribution in [3.63, 3.8) is 0 Å². The molecule has 2 rings (SSSR count). The molecule has 84 valence electrons. The summed E-state index contributed by atoms with van der Waals surface area (Å²) < 4.78 is 0. The summed E-state index contributed by atoms with van der Waals surface area (Å²) >= 11 is 1.77. The second kappa shape index (κ2) is 4.22. The van der Waals surface area contributed by atoms with Crippen molar-refractivity contribution < 1.29 is 0 Å². The molecule has 0 bridgehead atoms. The second-order valence-electron chi connectivity index (χ2n) is 5.20. The highest BCUT2D eigenvalue weighted by Crippen LogP contribution is 2.50. The number of thiazole rings is 1. The lowest BCUT2D eigenvalue weighted by Crippen LogP contribution is -2.21. The van der Waals surface area contributed by atoms with Gasteiger partial charge in [0.05, 0.1) is 11.2 Å². The van der Waals surface area contributed by atoms with Crippen molar-refractivity contribution in [3.8, 4) is 0 Å². The molecule has 0 saturated heterocycles. The van der Waals surface area contributed by atoms with E-state index in [4.69, 9.17) is 0 Å². The van der Waals surface area contributed by atoms with E-state index in [9.17, 15) is 0 Å². The van der Waals surface area contributed by atoms with E-state index in [0.717, 1.165) is 18.9 Å². The van der Waals surface area contributed by atoms with E-state index in [1.807, 2.05) is 5.51 Å². The molecule has 1 fully saturated rings. The Balaban J connectivity index is 1.62. The number of nitrogens with one attached hydrogen (secondary N) is 1. The molecule has 0 aromatic carbocycles. The van der Waals surface area contributed by atoms with E-state index in [1.165, 1.54) is 23.5 Å². The molecule has 0 aliphatic heterocycles. The van der Waals surface area contributed by atoms with Crippen molar-refractivity contribution in [2.24, 2.45) is 11.3 Å². The fourth-order valence-electron chi connectivity index (χ4n) is 1.97. The maximum atomic E-state index is 4.26. The van der Waals surface area contributed by atoms with Gasteiger partial charge in [0.15, 0.2) is 0 Å². The molecule has 1 unspecified atom stereocenters. The molecule has 15 heavy (non-hydrogen) atoms. The minimum Gasteiger partial charge on any atom is -0.316 e. The van der Waals surface area contributed by atoms with Crippen LogP contribution in [-0.4, -0.2) is 18.1 Å². The Kier molecular flexibility index (Phi) is 3.12. The highest BCUT2D eigenvalue weighted by Gasteiger charge is 2.44. The highest BCUT2D eigenvalue weighted by atomic mass is 32.1. The van der Waals surface area contributed by atoms with Crippen LogP contribution in [0.3, 0.4) is 0 Å². The van der Waals surface area contributed by atoms with E-state index >= 15 is 0 Å². The molecule has 0 radical (unpaired) electrons. The van der Waals surface area contributed by atoms with Gasteiger partial charge in [-0.05, 0) is 37.6 Å². The van der Waals surface area contributed by atoms with Crippen LogP contribution in [0.1, 0.15) is 30.8 Å². The maximum absolute atomic E-state index is 4.26. The van der Waals surface area contributed by atoms with E-state index in [0.29, 0.717) is 5.41 Å². The normalized spacial score (nSPS) is 23.0. The summed E-state index contributed by atoms with van der Waals surface area (Å²) in [6.07, 6.45) is 2.52. The van der Waals surface area contributed by atoms with Crippen LogP contribution in [-0.2, 0) is 6.42 Å². The van der Waals surface area contributed by atoms with Crippen LogP contribution in [0, 0.1) is 18.3 Å². The van der Waals surface area contributed by atoms with Crippen molar-refractivity contribution in [3.05, 3.63) is 16.1 Å². The van der Waals surface area contributed by atoms with Gasteiger partial charge in [-0.2, -0.15) is 0 Å². The summed E-state index contributed by atoms with van der Waals surface area (Å²) in [4.78, 5) is 5.68. The van der Waals surface area contributed by atoms with Crippen molar-refractivity contribution in [2.75, 3.05) is 13.1 Å². The molecular formula is C12H20N2S. The number of rotatable bonds is 5. The SMILES string of the molecule is Cc1ncsc1CCNCC1CC1(C)C. The van der Waals surface area contributed by atoms with Crippen molar-refractivity contribution in [1.82, 2.24) is 10.3 Å². The van der Waals surface area contributed by atoms with Crippen molar-refractivity contribution >= 4 is 11.3 Å². The third-order valence-corrected chi connectivity index (χ3v) is 4.48. The highest BCUT2D eigenvalue weighted by molar-refractivity contribution is 7.09. The van der Waals surface area contributed by atoms with Crippen molar-refractivity contribution in [2.45, 2.75) is 33.6 Å². The number of aromatic nitrogens is 1. The predicted molar refractivity (Wildman–Crippen MR) is 65.3 cm³/mol. The monoisotopic (exact) mass is 224 g/mol. The van der Waals surface area contributed by atoms with E-state index in [-0.39, 0.29) is 0 Å². The van der Waals surface area contributed by atoms with Gasteiger partial charge in [-0.1, -0.05) is 13.8 Å². The Labute approximate surface area is 96.1 Å². The molecule has 1 saturated carbocycles. The molecule has 0 amide bonds. The molecule has 1 N–H and O–H groups in total. The van der Waals surface area contributed by atoms with Crippen LogP contribution in [0.5, 0.6) is 0 Å². The first-order chi connectivity index (χ1) is 7.09. The van der Waals surface area contributed by atoms with E-state index in [1.54, 1.807) is 11.3 Å². The predicted octanol–water partition coefficient (Wildman–Crippen LogP) is 2.63. The third kappa shape index (κ3) is 2.79. The molecule has 1 aliphatic carbocycles. The summed E-state index contributed by atoms with van der Waals surface area (Å²) in [5.41, 5.74) is 3.75. The van der Waals surface area contributed by atoms with Gasteiger partial charge >= 0.3 is 0 Å². The van der Waals surface area contributed by atoms with Gasteiger partial charge < -0.3 is 5.32 Å². The van der Waals surface area contributed by atoms with Crippen LogP contribution in [0.15, 0.2) is 5.51 Å². The smallest absolute Gasteiger partial charge is 0.0797 e. The Hall–Kier alpha value is -0.410. The zero-order chi connectivity index (χ0) is 10.9. The number of nitrogens with zero attached hydrogens (tertiary/aromatic N) is 1. The summed E-state index contributed by atoms with van der Waals surface area (Å²) in [5.74, 6) is 0.903. The number of hydrogen-bond donors (Lipinski definition) is 1. The lowest BCUT2D eigenvalue weighted by atomic mass is 10.1. The minimum absolute atomic E-state index is 0.605. The summed E-state index contributed by atoms with van der Waals surface area (Å²) in [7, 11) is 0. The molecule has 1 atom stereocenters. The first kappa shape index (κ1) is 11.1. The van der Waals surface area contributed by atoms with E-state index < -0.39 is 0 Å². The fourth-order valence-corrected chi connectivity index (χ4v) is 2.75. The first-order valence-corrected chi connectivity index (χ1v) is 6.57. The van der Waals surface area contributed by atoms with Crippen LogP contribution in [0.4, 0.5) is 0 Å². The molecule has 1 heterocycles. The topological polar surface area (TPSA) is 24.9 Å². The maximum Gasteiger partial charge on any atom is 0.0797 e. The van der Waals surface area contributed by atoms with Gasteiger partial charge in [0.1, 0.15) is 0 Å². The number of hydrogen-bond acceptors (Lipinski definition) is 3. The molecule has 1 aliphatic rings.